The zero-order valence-electron chi connectivity index (χ0n) is 17.2. The van der Waals surface area contributed by atoms with E-state index in [4.69, 9.17) is 4.42 Å². The number of pyridine rings is 1. The average molecular weight is 446 g/mol. The quantitative estimate of drug-likeness (QED) is 0.619. The minimum absolute atomic E-state index is 0.222. The molecule has 7 nitrogen and oxygen atoms in total. The number of rotatable bonds is 4. The maximum Gasteiger partial charge on any atom is 0.452 e. The van der Waals surface area contributed by atoms with Gasteiger partial charge in [-0.15, -0.1) is 0 Å². The number of oxazole rings is 1. The van der Waals surface area contributed by atoms with Crippen LogP contribution in [0.25, 0.3) is 11.5 Å². The molecular weight excluding hydrogens is 425 g/mol. The minimum atomic E-state index is -4.88. The van der Waals surface area contributed by atoms with E-state index >= 15 is 0 Å². The molecule has 3 aromatic rings. The number of nitrogens with one attached hydrogen (secondary N) is 1. The van der Waals surface area contributed by atoms with E-state index in [-0.39, 0.29) is 11.6 Å². The summed E-state index contributed by atoms with van der Waals surface area (Å²) in [5, 5.41) is 12.5. The van der Waals surface area contributed by atoms with Crippen LogP contribution in [-0.2, 0) is 6.18 Å². The van der Waals surface area contributed by atoms with E-state index in [1.54, 1.807) is 37.3 Å². The van der Waals surface area contributed by atoms with Crippen molar-refractivity contribution in [1.82, 2.24) is 9.97 Å². The van der Waals surface area contributed by atoms with Crippen LogP contribution in [0.4, 0.5) is 24.7 Å². The second kappa shape index (κ2) is 8.27. The number of aromatic nitrogens is 2. The molecule has 0 radical (unpaired) electrons. The molecule has 10 heteroatoms. The Kier molecular flexibility index (Phi) is 5.64. The highest BCUT2D eigenvalue weighted by Gasteiger charge is 2.42. The van der Waals surface area contributed by atoms with E-state index in [1.165, 1.54) is 18.3 Å². The van der Waals surface area contributed by atoms with Crippen molar-refractivity contribution in [3.05, 3.63) is 60.1 Å². The summed E-state index contributed by atoms with van der Waals surface area (Å²) in [5.41, 5.74) is -1.00. The van der Waals surface area contributed by atoms with Gasteiger partial charge >= 0.3 is 6.18 Å². The van der Waals surface area contributed by atoms with Crippen molar-refractivity contribution in [2.24, 2.45) is 0 Å². The minimum Gasteiger partial charge on any atom is -0.431 e. The van der Waals surface area contributed by atoms with Gasteiger partial charge in [-0.1, -0.05) is 18.2 Å². The predicted octanol–water partition coefficient (Wildman–Crippen LogP) is 4.36. The van der Waals surface area contributed by atoms with Crippen molar-refractivity contribution in [3.8, 4) is 11.5 Å². The number of hydrogen-bond acceptors (Lipinski definition) is 6. The Morgan fingerprint density at radius 3 is 2.44 bits per heavy atom. The number of amides is 1. The average Bonchev–Trinajstić information content (AvgIpc) is 3.22. The van der Waals surface area contributed by atoms with Crippen LogP contribution in [0.5, 0.6) is 0 Å². The van der Waals surface area contributed by atoms with Crippen LogP contribution in [0.3, 0.4) is 0 Å². The first-order valence-electron chi connectivity index (χ1n) is 10.0. The summed E-state index contributed by atoms with van der Waals surface area (Å²) in [4.78, 5) is 22.7. The lowest BCUT2D eigenvalue weighted by atomic mass is 9.94. The van der Waals surface area contributed by atoms with Crippen molar-refractivity contribution in [2.45, 2.75) is 31.5 Å². The number of alkyl halides is 3. The molecule has 0 aliphatic carbocycles. The third-order valence-electron chi connectivity index (χ3n) is 5.29. The third kappa shape index (κ3) is 4.75. The Labute approximate surface area is 181 Å². The third-order valence-corrected chi connectivity index (χ3v) is 5.29. The predicted molar refractivity (Wildman–Crippen MR) is 111 cm³/mol. The van der Waals surface area contributed by atoms with Gasteiger partial charge in [0.1, 0.15) is 5.82 Å². The number of nitrogens with zero attached hydrogens (tertiary/aromatic N) is 3. The van der Waals surface area contributed by atoms with Crippen molar-refractivity contribution >= 4 is 17.4 Å². The lowest BCUT2D eigenvalue weighted by Crippen LogP contribution is -2.42. The highest BCUT2D eigenvalue weighted by molar-refractivity contribution is 6.04. The molecule has 1 aromatic carbocycles. The zero-order chi connectivity index (χ0) is 22.9. The number of piperidine rings is 1. The number of benzene rings is 1. The molecule has 1 aliphatic heterocycles. The van der Waals surface area contributed by atoms with Crippen LogP contribution in [0.2, 0.25) is 0 Å². The first-order valence-corrected chi connectivity index (χ1v) is 10.0. The Morgan fingerprint density at radius 2 is 1.84 bits per heavy atom. The first kappa shape index (κ1) is 21.8. The van der Waals surface area contributed by atoms with Gasteiger partial charge in [0.25, 0.3) is 5.91 Å². The lowest BCUT2D eigenvalue weighted by molar-refractivity contribution is -0.153. The lowest BCUT2D eigenvalue weighted by Gasteiger charge is -2.36. The Bertz CT molecular complexity index is 1090. The van der Waals surface area contributed by atoms with Gasteiger partial charge in [-0.05, 0) is 44.0 Å². The molecule has 2 aromatic heterocycles. The van der Waals surface area contributed by atoms with Crippen LogP contribution in [0.1, 0.15) is 36.0 Å². The molecule has 0 spiro atoms. The molecule has 0 bridgehead atoms. The van der Waals surface area contributed by atoms with E-state index < -0.39 is 29.1 Å². The van der Waals surface area contributed by atoms with E-state index in [9.17, 15) is 23.1 Å². The molecule has 0 atom stereocenters. The standard InChI is InChI=1S/C22H21F3N4O3/c1-21(31)9-11-29(12-10-21)16-8-7-15(13-26-16)27-19(30)17-18(22(23,24)25)32-20(28-17)14-5-3-2-4-6-14/h2-8,13,31H,9-12H2,1H3,(H,27,30). The number of hydrogen-bond donors (Lipinski definition) is 2. The van der Waals surface area contributed by atoms with Gasteiger partial charge in [-0.2, -0.15) is 13.2 Å². The molecule has 4 rings (SSSR count). The van der Waals surface area contributed by atoms with Crippen molar-refractivity contribution in [1.29, 1.82) is 0 Å². The molecule has 32 heavy (non-hydrogen) atoms. The summed E-state index contributed by atoms with van der Waals surface area (Å²) in [6.07, 6.45) is -2.32. The fraction of sp³-hybridized carbons (Fsp3) is 0.318. The van der Waals surface area contributed by atoms with E-state index in [1.807, 2.05) is 4.90 Å². The van der Waals surface area contributed by atoms with E-state index in [0.29, 0.717) is 37.3 Å². The molecular formula is C22H21F3N4O3. The van der Waals surface area contributed by atoms with Crippen LogP contribution in [0.15, 0.2) is 53.1 Å². The van der Waals surface area contributed by atoms with Crippen molar-refractivity contribution in [3.63, 3.8) is 0 Å². The molecule has 1 amide bonds. The normalized spacial score (nSPS) is 16.1. The monoisotopic (exact) mass is 446 g/mol. The maximum atomic E-state index is 13.4. The Morgan fingerprint density at radius 1 is 1.16 bits per heavy atom. The van der Waals surface area contributed by atoms with Gasteiger partial charge in [0.05, 0.1) is 17.5 Å². The van der Waals surface area contributed by atoms with Crippen molar-refractivity contribution in [2.75, 3.05) is 23.3 Å². The molecule has 0 unspecified atom stereocenters. The summed E-state index contributed by atoms with van der Waals surface area (Å²) < 4.78 is 45.2. The number of aliphatic hydroxyl groups is 1. The second-order valence-electron chi connectivity index (χ2n) is 7.90. The molecule has 0 saturated carbocycles. The van der Waals surface area contributed by atoms with Gasteiger partial charge < -0.3 is 19.7 Å². The van der Waals surface area contributed by atoms with Gasteiger partial charge in [-0.3, -0.25) is 4.79 Å². The summed E-state index contributed by atoms with van der Waals surface area (Å²) in [7, 11) is 0. The van der Waals surface area contributed by atoms with Crippen molar-refractivity contribution < 1.29 is 27.5 Å². The summed E-state index contributed by atoms with van der Waals surface area (Å²) in [6.45, 7) is 3.04. The highest BCUT2D eigenvalue weighted by atomic mass is 19.4. The van der Waals surface area contributed by atoms with Crippen LogP contribution >= 0.6 is 0 Å². The number of carbonyl (C=O) groups excluding carboxylic acids is 1. The first-order chi connectivity index (χ1) is 15.1. The fourth-order valence-corrected chi connectivity index (χ4v) is 3.43. The summed E-state index contributed by atoms with van der Waals surface area (Å²) in [6, 6.07) is 11.3. The number of anilines is 2. The SMILES string of the molecule is CC1(O)CCN(c2ccc(NC(=O)c3nc(-c4ccccc4)oc3C(F)(F)F)cn2)CC1. The Balaban J connectivity index is 1.52. The van der Waals surface area contributed by atoms with Gasteiger partial charge in [0.2, 0.25) is 11.7 Å². The number of carbonyl (C=O) groups is 1. The largest absolute Gasteiger partial charge is 0.452 e. The zero-order valence-corrected chi connectivity index (χ0v) is 17.2. The molecule has 1 aliphatic rings. The van der Waals surface area contributed by atoms with Crippen LogP contribution in [0, 0.1) is 0 Å². The molecule has 1 saturated heterocycles. The Hall–Kier alpha value is -3.40. The molecule has 2 N–H and O–H groups in total. The topological polar surface area (TPSA) is 91.5 Å². The van der Waals surface area contributed by atoms with Crippen LogP contribution in [-0.4, -0.2) is 39.7 Å². The van der Waals surface area contributed by atoms with E-state index in [0.717, 1.165) is 0 Å². The van der Waals surface area contributed by atoms with Gasteiger partial charge in [-0.25, -0.2) is 9.97 Å². The molecule has 168 valence electrons. The van der Waals surface area contributed by atoms with Gasteiger partial charge in [0.15, 0.2) is 5.69 Å². The second-order valence-corrected chi connectivity index (χ2v) is 7.90. The molecule has 1 fully saturated rings. The summed E-state index contributed by atoms with van der Waals surface area (Å²) in [5.74, 6) is -2.15. The van der Waals surface area contributed by atoms with Crippen LogP contribution < -0.4 is 10.2 Å². The maximum absolute atomic E-state index is 13.4. The van der Waals surface area contributed by atoms with E-state index in [2.05, 4.69) is 15.3 Å². The fourth-order valence-electron chi connectivity index (χ4n) is 3.43. The van der Waals surface area contributed by atoms with Gasteiger partial charge in [0, 0.05) is 18.7 Å². The smallest absolute Gasteiger partial charge is 0.431 e. The number of halogens is 3. The summed E-state index contributed by atoms with van der Waals surface area (Å²) >= 11 is 0. The molecule has 3 heterocycles. The highest BCUT2D eigenvalue weighted by Crippen LogP contribution is 2.35.